The van der Waals surface area contributed by atoms with Gasteiger partial charge in [0.05, 0.1) is 0 Å². The quantitative estimate of drug-likeness (QED) is 0.819. The van der Waals surface area contributed by atoms with Gasteiger partial charge < -0.3 is 10.8 Å². The van der Waals surface area contributed by atoms with E-state index >= 15 is 0 Å². The van der Waals surface area contributed by atoms with E-state index in [1.165, 1.54) is 0 Å². The molecule has 1 atom stereocenters. The second-order valence-electron chi connectivity index (χ2n) is 3.79. The molecule has 2 aliphatic rings. The second kappa shape index (κ2) is 4.33. The highest BCUT2D eigenvalue weighted by molar-refractivity contribution is 5.76. The number of fused-ring (bicyclic) bond motifs is 1. The highest BCUT2D eigenvalue weighted by atomic mass is 16.4. The number of hydrogen-bond acceptors (Lipinski definition) is 2. The van der Waals surface area contributed by atoms with E-state index in [4.69, 9.17) is 10.8 Å². The zero-order chi connectivity index (χ0) is 11.5. The van der Waals surface area contributed by atoms with Gasteiger partial charge in [-0.1, -0.05) is 42.5 Å². The Morgan fingerprint density at radius 2 is 1.94 bits per heavy atom. The van der Waals surface area contributed by atoms with Crippen LogP contribution in [-0.2, 0) is 11.2 Å². The van der Waals surface area contributed by atoms with Gasteiger partial charge in [-0.2, -0.15) is 0 Å². The van der Waals surface area contributed by atoms with Crippen molar-refractivity contribution in [2.75, 3.05) is 0 Å². The summed E-state index contributed by atoms with van der Waals surface area (Å²) in [5.41, 5.74) is 8.70. The van der Waals surface area contributed by atoms with Crippen LogP contribution in [0.15, 0.2) is 42.5 Å². The van der Waals surface area contributed by atoms with E-state index in [0.717, 1.165) is 16.7 Å². The molecule has 2 rings (SSSR count). The van der Waals surface area contributed by atoms with Crippen LogP contribution >= 0.6 is 0 Å². The van der Waals surface area contributed by atoms with Crippen molar-refractivity contribution < 1.29 is 9.90 Å². The molecule has 0 aromatic rings. The van der Waals surface area contributed by atoms with Crippen LogP contribution in [0.4, 0.5) is 0 Å². The van der Waals surface area contributed by atoms with Crippen molar-refractivity contribution in [2.24, 2.45) is 5.73 Å². The fourth-order valence-electron chi connectivity index (χ4n) is 1.78. The summed E-state index contributed by atoms with van der Waals surface area (Å²) < 4.78 is 0. The van der Waals surface area contributed by atoms with Crippen molar-refractivity contribution in [2.45, 2.75) is 12.5 Å². The largest absolute Gasteiger partial charge is 0.480 e. The fraction of sp³-hybridized carbons (Fsp3) is 0.154. The Hall–Kier alpha value is -1.87. The Balaban J connectivity index is 2.31. The summed E-state index contributed by atoms with van der Waals surface area (Å²) in [6.07, 6.45) is 0.364. The van der Waals surface area contributed by atoms with Crippen molar-refractivity contribution in [1.82, 2.24) is 0 Å². The predicted molar refractivity (Wildman–Crippen MR) is 62.4 cm³/mol. The summed E-state index contributed by atoms with van der Waals surface area (Å²) in [6, 6.07) is 12.9. The Kier molecular flexibility index (Phi) is 2.88. The van der Waals surface area contributed by atoms with Crippen molar-refractivity contribution in [3.63, 3.8) is 0 Å². The highest BCUT2D eigenvalue weighted by Gasteiger charge is 2.15. The van der Waals surface area contributed by atoms with E-state index in [1.54, 1.807) is 0 Å². The molecule has 2 aliphatic carbocycles. The van der Waals surface area contributed by atoms with Crippen molar-refractivity contribution >= 4 is 5.97 Å². The van der Waals surface area contributed by atoms with Gasteiger partial charge in [0.25, 0.3) is 0 Å². The maximum atomic E-state index is 10.7. The van der Waals surface area contributed by atoms with E-state index in [1.807, 2.05) is 42.5 Å². The predicted octanol–water partition coefficient (Wildman–Crippen LogP) is 1.75. The lowest BCUT2D eigenvalue weighted by Crippen LogP contribution is -2.32. The topological polar surface area (TPSA) is 63.3 Å². The van der Waals surface area contributed by atoms with Gasteiger partial charge in [-0.25, -0.2) is 0 Å². The summed E-state index contributed by atoms with van der Waals surface area (Å²) in [7, 11) is 0. The van der Waals surface area contributed by atoms with Crippen LogP contribution in [0.3, 0.4) is 0 Å². The van der Waals surface area contributed by atoms with Crippen molar-refractivity contribution in [3.05, 3.63) is 48.0 Å². The SMILES string of the molecule is N[C@@H](Cc1ccc2cccccc1-2)C(=O)O. The standard InChI is InChI=1S/C13H13NO2/c14-12(13(15)16)8-10-7-6-9-4-2-1-3-5-11(9)10/h1-7,12H,8,14H2,(H,15,16)/t12-/m0/s1. The number of aliphatic carboxylic acids is 1. The number of carboxylic acid groups (broad SMARTS) is 1. The van der Waals surface area contributed by atoms with Crippen LogP contribution in [0.2, 0.25) is 0 Å². The van der Waals surface area contributed by atoms with Crippen molar-refractivity contribution in [1.29, 1.82) is 0 Å². The highest BCUT2D eigenvalue weighted by Crippen LogP contribution is 2.27. The average molecular weight is 215 g/mol. The van der Waals surface area contributed by atoms with Crippen LogP contribution < -0.4 is 5.73 Å². The van der Waals surface area contributed by atoms with Crippen LogP contribution in [-0.4, -0.2) is 17.1 Å². The summed E-state index contributed by atoms with van der Waals surface area (Å²) in [5.74, 6) is -0.963. The smallest absolute Gasteiger partial charge is 0.320 e. The number of hydrogen-bond donors (Lipinski definition) is 2. The van der Waals surface area contributed by atoms with E-state index in [0.29, 0.717) is 6.42 Å². The average Bonchev–Trinajstić information content (AvgIpc) is 2.50. The molecule has 0 spiro atoms. The molecule has 0 saturated carbocycles. The zero-order valence-corrected chi connectivity index (χ0v) is 8.76. The number of nitrogens with two attached hydrogens (primary N) is 1. The van der Waals surface area contributed by atoms with Gasteiger partial charge in [-0.05, 0) is 23.1 Å². The number of carboxylic acids is 1. The molecule has 0 bridgehead atoms. The minimum Gasteiger partial charge on any atom is -0.480 e. The Morgan fingerprint density at radius 3 is 2.69 bits per heavy atom. The normalized spacial score (nSPS) is 12.6. The molecule has 82 valence electrons. The molecule has 0 fully saturated rings. The summed E-state index contributed by atoms with van der Waals surface area (Å²) in [4.78, 5) is 10.7. The van der Waals surface area contributed by atoms with Crippen LogP contribution in [0.5, 0.6) is 0 Å². The molecule has 16 heavy (non-hydrogen) atoms. The molecule has 0 amide bonds. The van der Waals surface area contributed by atoms with Gasteiger partial charge in [-0.3, -0.25) is 4.79 Å². The molecular weight excluding hydrogens is 202 g/mol. The second-order valence-corrected chi connectivity index (χ2v) is 3.79. The Morgan fingerprint density at radius 1 is 1.19 bits per heavy atom. The fourth-order valence-corrected chi connectivity index (χ4v) is 1.78. The van der Waals surface area contributed by atoms with Gasteiger partial charge >= 0.3 is 5.97 Å². The van der Waals surface area contributed by atoms with Gasteiger partial charge in [-0.15, -0.1) is 0 Å². The zero-order valence-electron chi connectivity index (χ0n) is 8.76. The maximum absolute atomic E-state index is 10.7. The van der Waals surface area contributed by atoms with E-state index in [2.05, 4.69) is 0 Å². The van der Waals surface area contributed by atoms with Gasteiger partial charge in [0.15, 0.2) is 0 Å². The molecule has 3 nitrogen and oxygen atoms in total. The lowest BCUT2D eigenvalue weighted by Gasteiger charge is -2.06. The molecule has 0 radical (unpaired) electrons. The van der Waals surface area contributed by atoms with Crippen LogP contribution in [0.25, 0.3) is 11.1 Å². The molecule has 0 unspecified atom stereocenters. The summed E-state index contributed by atoms with van der Waals surface area (Å²) in [6.45, 7) is 0. The third-order valence-corrected chi connectivity index (χ3v) is 2.64. The monoisotopic (exact) mass is 215 g/mol. The van der Waals surface area contributed by atoms with Crippen LogP contribution in [0, 0.1) is 0 Å². The molecule has 0 aliphatic heterocycles. The molecular formula is C13H13NO2. The molecule has 0 heterocycles. The number of rotatable bonds is 3. The summed E-state index contributed by atoms with van der Waals surface area (Å²) >= 11 is 0. The third-order valence-electron chi connectivity index (χ3n) is 2.64. The minimum atomic E-state index is -0.963. The first-order valence-electron chi connectivity index (χ1n) is 5.13. The Labute approximate surface area is 93.9 Å². The first-order valence-corrected chi connectivity index (χ1v) is 5.13. The molecule has 0 saturated heterocycles. The first-order chi connectivity index (χ1) is 7.68. The Bertz CT molecular complexity index is 481. The molecule has 0 aromatic heterocycles. The molecule has 0 aromatic carbocycles. The molecule has 3 N–H and O–H groups in total. The lowest BCUT2D eigenvalue weighted by atomic mass is 10.0. The number of carbonyl (C=O) groups is 1. The van der Waals surface area contributed by atoms with E-state index < -0.39 is 12.0 Å². The summed E-state index contributed by atoms with van der Waals surface area (Å²) in [5, 5.41) is 8.78. The van der Waals surface area contributed by atoms with E-state index in [9.17, 15) is 4.79 Å². The molecule has 3 heteroatoms. The van der Waals surface area contributed by atoms with E-state index in [-0.39, 0.29) is 0 Å². The van der Waals surface area contributed by atoms with Gasteiger partial charge in [0, 0.05) is 0 Å². The van der Waals surface area contributed by atoms with Crippen molar-refractivity contribution in [3.8, 4) is 11.1 Å². The minimum absolute atomic E-state index is 0.364. The maximum Gasteiger partial charge on any atom is 0.320 e. The lowest BCUT2D eigenvalue weighted by molar-refractivity contribution is -0.138. The van der Waals surface area contributed by atoms with Gasteiger partial charge in [0.2, 0.25) is 0 Å². The third kappa shape index (κ3) is 2.04. The first kappa shape index (κ1) is 10.6. The van der Waals surface area contributed by atoms with Gasteiger partial charge in [0.1, 0.15) is 6.04 Å². The van der Waals surface area contributed by atoms with Crippen LogP contribution in [0.1, 0.15) is 5.56 Å².